The van der Waals surface area contributed by atoms with Crippen molar-refractivity contribution in [3.05, 3.63) is 30.1 Å². The molecule has 0 bridgehead atoms. The van der Waals surface area contributed by atoms with E-state index in [1.807, 2.05) is 6.92 Å². The van der Waals surface area contributed by atoms with Gasteiger partial charge in [-0.1, -0.05) is 0 Å². The van der Waals surface area contributed by atoms with Crippen LogP contribution in [0.4, 0.5) is 4.39 Å². The summed E-state index contributed by atoms with van der Waals surface area (Å²) >= 11 is 1.64. The summed E-state index contributed by atoms with van der Waals surface area (Å²) in [5, 5.41) is 10.9. The van der Waals surface area contributed by atoms with Crippen molar-refractivity contribution >= 4 is 27.7 Å². The third-order valence-corrected chi connectivity index (χ3v) is 4.55. The van der Waals surface area contributed by atoms with Gasteiger partial charge in [0.15, 0.2) is 5.96 Å². The number of rotatable bonds is 9. The summed E-state index contributed by atoms with van der Waals surface area (Å²) in [7, 11) is -3.47. The maximum Gasteiger partial charge on any atom is 0.210 e. The number of sulfonamides is 1. The van der Waals surface area contributed by atoms with Crippen molar-refractivity contribution in [3.8, 4) is 0 Å². The fourth-order valence-corrected chi connectivity index (χ4v) is 2.85. The summed E-state index contributed by atoms with van der Waals surface area (Å²) < 4.78 is 34.5. The van der Waals surface area contributed by atoms with Gasteiger partial charge in [0, 0.05) is 24.5 Å². The summed E-state index contributed by atoms with van der Waals surface area (Å²) in [4.78, 5) is 5.39. The number of nitrogens with two attached hydrogens (primary N) is 1. The molecule has 1 aromatic carbocycles. The average Bonchev–Trinajstić information content (AvgIpc) is 2.47. The molecule has 0 unspecified atom stereocenters. The van der Waals surface area contributed by atoms with E-state index in [0.29, 0.717) is 19.0 Å². The molecule has 0 heterocycles. The zero-order valence-electron chi connectivity index (χ0n) is 13.1. The van der Waals surface area contributed by atoms with Crippen LogP contribution < -0.4 is 15.8 Å². The number of hydrogen-bond donors (Lipinski definition) is 3. The first-order chi connectivity index (χ1) is 10.9. The largest absolute Gasteiger partial charge is 0.357 e. The number of primary sulfonamides is 1. The number of nitrogens with zero attached hydrogens (tertiary/aromatic N) is 1. The predicted molar refractivity (Wildman–Crippen MR) is 93.7 cm³/mol. The Kier molecular flexibility index (Phi) is 8.97. The molecule has 0 amide bonds. The van der Waals surface area contributed by atoms with Crippen molar-refractivity contribution in [2.45, 2.75) is 18.2 Å². The minimum atomic E-state index is -3.47. The van der Waals surface area contributed by atoms with E-state index in [1.54, 1.807) is 23.9 Å². The van der Waals surface area contributed by atoms with Gasteiger partial charge in [-0.05, 0) is 43.4 Å². The zero-order valence-corrected chi connectivity index (χ0v) is 14.7. The Hall–Kier alpha value is -1.32. The van der Waals surface area contributed by atoms with Gasteiger partial charge in [-0.15, -0.1) is 11.8 Å². The molecule has 9 heteroatoms. The van der Waals surface area contributed by atoms with Crippen molar-refractivity contribution in [3.63, 3.8) is 0 Å². The van der Waals surface area contributed by atoms with Crippen molar-refractivity contribution in [1.82, 2.24) is 10.6 Å². The van der Waals surface area contributed by atoms with Gasteiger partial charge >= 0.3 is 0 Å². The van der Waals surface area contributed by atoms with Gasteiger partial charge in [0.25, 0.3) is 0 Å². The molecule has 130 valence electrons. The molecule has 0 radical (unpaired) electrons. The van der Waals surface area contributed by atoms with Gasteiger partial charge in [-0.25, -0.2) is 17.9 Å². The van der Waals surface area contributed by atoms with Gasteiger partial charge in [0.05, 0.1) is 5.75 Å². The average molecular weight is 362 g/mol. The molecule has 0 atom stereocenters. The van der Waals surface area contributed by atoms with Crippen molar-refractivity contribution in [2.24, 2.45) is 10.1 Å². The monoisotopic (exact) mass is 362 g/mol. The van der Waals surface area contributed by atoms with E-state index < -0.39 is 10.0 Å². The Morgan fingerprint density at radius 3 is 2.61 bits per heavy atom. The Labute approximate surface area is 141 Å². The summed E-state index contributed by atoms with van der Waals surface area (Å²) in [6.07, 6.45) is 0.855. The van der Waals surface area contributed by atoms with Gasteiger partial charge < -0.3 is 10.6 Å². The Bertz CT molecular complexity index is 591. The molecule has 0 spiro atoms. The lowest BCUT2D eigenvalue weighted by molar-refractivity contribution is 0.596. The lowest BCUT2D eigenvalue weighted by Crippen LogP contribution is -2.40. The van der Waals surface area contributed by atoms with E-state index in [-0.39, 0.29) is 18.1 Å². The molecule has 0 aliphatic heterocycles. The molecule has 1 aromatic rings. The van der Waals surface area contributed by atoms with Gasteiger partial charge in [-0.2, -0.15) is 0 Å². The molecular weight excluding hydrogens is 339 g/mol. The van der Waals surface area contributed by atoms with Crippen LogP contribution in [0.25, 0.3) is 0 Å². The second kappa shape index (κ2) is 10.5. The molecule has 0 saturated heterocycles. The highest BCUT2D eigenvalue weighted by molar-refractivity contribution is 7.99. The highest BCUT2D eigenvalue weighted by atomic mass is 32.2. The van der Waals surface area contributed by atoms with Crippen LogP contribution >= 0.6 is 11.8 Å². The van der Waals surface area contributed by atoms with Crippen LogP contribution in [0.1, 0.15) is 13.3 Å². The topological polar surface area (TPSA) is 96.6 Å². The molecule has 0 saturated carbocycles. The van der Waals surface area contributed by atoms with E-state index in [4.69, 9.17) is 5.14 Å². The number of benzene rings is 1. The fourth-order valence-electron chi connectivity index (χ4n) is 1.63. The van der Waals surface area contributed by atoms with E-state index in [9.17, 15) is 12.8 Å². The Balaban J connectivity index is 2.29. The van der Waals surface area contributed by atoms with Gasteiger partial charge in [0.2, 0.25) is 10.0 Å². The smallest absolute Gasteiger partial charge is 0.210 e. The van der Waals surface area contributed by atoms with E-state index in [1.165, 1.54) is 12.1 Å². The van der Waals surface area contributed by atoms with Gasteiger partial charge in [-0.3, -0.25) is 4.99 Å². The summed E-state index contributed by atoms with van der Waals surface area (Å²) in [6, 6.07) is 6.39. The normalized spacial score (nSPS) is 12.2. The second-order valence-corrected chi connectivity index (χ2v) is 7.61. The summed E-state index contributed by atoms with van der Waals surface area (Å²) in [5.74, 6) is 1.06. The van der Waals surface area contributed by atoms with E-state index >= 15 is 0 Å². The Morgan fingerprint density at radius 1 is 1.30 bits per heavy atom. The third kappa shape index (κ3) is 10.1. The lowest BCUT2D eigenvalue weighted by atomic mass is 10.4. The molecule has 0 aliphatic rings. The molecule has 0 fully saturated rings. The van der Waals surface area contributed by atoms with Gasteiger partial charge in [0.1, 0.15) is 5.82 Å². The van der Waals surface area contributed by atoms with Crippen LogP contribution in [0.2, 0.25) is 0 Å². The van der Waals surface area contributed by atoms with Crippen LogP contribution in [0.3, 0.4) is 0 Å². The highest BCUT2D eigenvalue weighted by Crippen LogP contribution is 2.18. The molecule has 0 aliphatic carbocycles. The predicted octanol–water partition coefficient (Wildman–Crippen LogP) is 1.15. The number of thioether (sulfide) groups is 1. The molecule has 23 heavy (non-hydrogen) atoms. The summed E-state index contributed by atoms with van der Waals surface area (Å²) in [5.41, 5.74) is 0. The molecule has 4 N–H and O–H groups in total. The maximum atomic E-state index is 12.8. The Morgan fingerprint density at radius 2 is 2.00 bits per heavy atom. The zero-order chi connectivity index (χ0) is 17.1. The highest BCUT2D eigenvalue weighted by Gasteiger charge is 2.03. The molecule has 6 nitrogen and oxygen atoms in total. The van der Waals surface area contributed by atoms with Crippen molar-refractivity contribution in [2.75, 3.05) is 31.1 Å². The number of aliphatic imine (C=N–C) groups is 1. The first kappa shape index (κ1) is 19.7. The standard InChI is InChI=1S/C14H23FN4O2S2/c1-2-17-14(19-9-11-23(16,20)21)18-8-3-10-22-13-6-4-12(15)5-7-13/h4-7H,2-3,8-11H2,1H3,(H2,16,20,21)(H2,17,18,19). The van der Waals surface area contributed by atoms with E-state index in [2.05, 4.69) is 15.6 Å². The minimum Gasteiger partial charge on any atom is -0.357 e. The molecular formula is C14H23FN4O2S2. The molecule has 1 rings (SSSR count). The first-order valence-corrected chi connectivity index (χ1v) is 10.0. The van der Waals surface area contributed by atoms with Crippen molar-refractivity contribution in [1.29, 1.82) is 0 Å². The fraction of sp³-hybridized carbons (Fsp3) is 0.500. The van der Waals surface area contributed by atoms with Crippen LogP contribution in [0, 0.1) is 5.82 Å². The summed E-state index contributed by atoms with van der Waals surface area (Å²) in [6.45, 7) is 3.45. The van der Waals surface area contributed by atoms with Crippen LogP contribution in [-0.2, 0) is 10.0 Å². The van der Waals surface area contributed by atoms with Crippen LogP contribution in [-0.4, -0.2) is 45.5 Å². The minimum absolute atomic E-state index is 0.141. The number of halogens is 1. The quantitative estimate of drug-likeness (QED) is 0.265. The van der Waals surface area contributed by atoms with Crippen LogP contribution in [0.5, 0.6) is 0 Å². The SMILES string of the molecule is CCNC(=NCCCSc1ccc(F)cc1)NCCS(N)(=O)=O. The number of nitrogens with one attached hydrogen (secondary N) is 2. The number of guanidine groups is 1. The molecule has 0 aromatic heterocycles. The third-order valence-electron chi connectivity index (χ3n) is 2.68. The van der Waals surface area contributed by atoms with E-state index in [0.717, 1.165) is 17.1 Å². The van der Waals surface area contributed by atoms with Crippen LogP contribution in [0.15, 0.2) is 34.2 Å². The lowest BCUT2D eigenvalue weighted by Gasteiger charge is -2.10. The maximum absolute atomic E-state index is 12.8. The second-order valence-electron chi connectivity index (χ2n) is 4.71. The first-order valence-electron chi connectivity index (χ1n) is 7.31. The van der Waals surface area contributed by atoms with Crippen molar-refractivity contribution < 1.29 is 12.8 Å². The number of hydrogen-bond acceptors (Lipinski definition) is 4.